The lowest BCUT2D eigenvalue weighted by molar-refractivity contribution is 0.294. The van der Waals surface area contributed by atoms with E-state index in [2.05, 4.69) is 32.6 Å². The third-order valence-corrected chi connectivity index (χ3v) is 2.27. The van der Waals surface area contributed by atoms with E-state index < -0.39 is 0 Å². The summed E-state index contributed by atoms with van der Waals surface area (Å²) in [6, 6.07) is 3.82. The highest BCUT2D eigenvalue weighted by molar-refractivity contribution is 5.19. The van der Waals surface area contributed by atoms with Crippen LogP contribution in [0.2, 0.25) is 0 Å². The Labute approximate surface area is 105 Å². The van der Waals surface area contributed by atoms with Gasteiger partial charge in [-0.2, -0.15) is 4.80 Å². The van der Waals surface area contributed by atoms with E-state index in [1.54, 1.807) is 13.2 Å². The lowest BCUT2D eigenvalue weighted by atomic mass is 10.3. The molecule has 0 atom stereocenters. The predicted molar refractivity (Wildman–Crippen MR) is 64.7 cm³/mol. The lowest BCUT2D eigenvalue weighted by Crippen LogP contribution is -2.12. The molecule has 0 amide bonds. The molecule has 0 bridgehead atoms. The fourth-order valence-corrected chi connectivity index (χ4v) is 1.38. The van der Waals surface area contributed by atoms with E-state index in [0.717, 1.165) is 18.8 Å². The molecule has 2 heterocycles. The summed E-state index contributed by atoms with van der Waals surface area (Å²) in [7, 11) is 1.72. The maximum atomic E-state index is 5.50. The number of rotatable bonds is 6. The zero-order valence-electron chi connectivity index (χ0n) is 10.5. The Morgan fingerprint density at radius 2 is 2.28 bits per heavy atom. The molecule has 7 heteroatoms. The van der Waals surface area contributed by atoms with Crippen LogP contribution in [0.1, 0.15) is 18.4 Å². The van der Waals surface area contributed by atoms with E-state index in [0.29, 0.717) is 18.2 Å². The van der Waals surface area contributed by atoms with E-state index in [1.165, 1.54) is 4.80 Å². The zero-order chi connectivity index (χ0) is 12.8. The third kappa shape index (κ3) is 3.49. The van der Waals surface area contributed by atoms with Gasteiger partial charge in [-0.15, -0.1) is 10.2 Å². The summed E-state index contributed by atoms with van der Waals surface area (Å²) in [4.78, 5) is 5.68. The van der Waals surface area contributed by atoms with Gasteiger partial charge in [0.05, 0.1) is 18.9 Å². The summed E-state index contributed by atoms with van der Waals surface area (Å²) in [6.45, 7) is 4.05. The first kappa shape index (κ1) is 12.4. The van der Waals surface area contributed by atoms with Gasteiger partial charge in [0.15, 0.2) is 6.61 Å². The maximum Gasteiger partial charge on any atom is 0.212 e. The largest absolute Gasteiger partial charge is 0.484 e. The molecule has 0 radical (unpaired) electrons. The van der Waals surface area contributed by atoms with Crippen molar-refractivity contribution >= 4 is 0 Å². The Morgan fingerprint density at radius 1 is 1.39 bits per heavy atom. The topological polar surface area (TPSA) is 77.8 Å². The molecule has 0 unspecified atom stereocenters. The average molecular weight is 248 g/mol. The van der Waals surface area contributed by atoms with Gasteiger partial charge in [-0.3, -0.25) is 4.98 Å². The van der Waals surface area contributed by atoms with Gasteiger partial charge in [0.25, 0.3) is 0 Å². The highest BCUT2D eigenvalue weighted by Gasteiger charge is 2.02. The molecule has 0 aromatic carbocycles. The summed E-state index contributed by atoms with van der Waals surface area (Å²) in [5.74, 6) is 1.25. The number of aryl methyl sites for hydroxylation is 1. The second-order valence-electron chi connectivity index (χ2n) is 3.75. The fraction of sp³-hybridized carbons (Fsp3) is 0.455. The monoisotopic (exact) mass is 248 g/mol. The van der Waals surface area contributed by atoms with Crippen molar-refractivity contribution in [3.05, 3.63) is 29.8 Å². The van der Waals surface area contributed by atoms with Gasteiger partial charge in [-0.1, -0.05) is 6.92 Å². The Balaban J connectivity index is 1.86. The number of nitrogens with one attached hydrogen (secondary N) is 1. The van der Waals surface area contributed by atoms with Crippen LogP contribution in [-0.4, -0.2) is 31.7 Å². The molecule has 2 rings (SSSR count). The summed E-state index contributed by atoms with van der Waals surface area (Å²) in [5, 5.41) is 14.8. The SMILES string of the molecule is CCNCc1ccc(OCc2nnn(C)n2)cn1. The summed E-state index contributed by atoms with van der Waals surface area (Å²) < 4.78 is 5.50. The predicted octanol–water partition coefficient (Wildman–Crippen LogP) is 0.294. The van der Waals surface area contributed by atoms with E-state index >= 15 is 0 Å². The normalized spacial score (nSPS) is 10.6. The molecule has 0 aliphatic heterocycles. The second kappa shape index (κ2) is 6.06. The first-order valence-corrected chi connectivity index (χ1v) is 5.79. The maximum absolute atomic E-state index is 5.50. The van der Waals surface area contributed by atoms with Crippen molar-refractivity contribution in [1.82, 2.24) is 30.5 Å². The molecular weight excluding hydrogens is 232 g/mol. The van der Waals surface area contributed by atoms with Gasteiger partial charge in [0.1, 0.15) is 5.75 Å². The van der Waals surface area contributed by atoms with Crippen molar-refractivity contribution < 1.29 is 4.74 Å². The first-order chi connectivity index (χ1) is 8.78. The van der Waals surface area contributed by atoms with E-state index in [9.17, 15) is 0 Å². The van der Waals surface area contributed by atoms with Crippen molar-refractivity contribution in [1.29, 1.82) is 0 Å². The first-order valence-electron chi connectivity index (χ1n) is 5.79. The number of hydrogen-bond acceptors (Lipinski definition) is 6. The van der Waals surface area contributed by atoms with Crippen molar-refractivity contribution in [2.24, 2.45) is 7.05 Å². The number of pyridine rings is 1. The Kier molecular flexibility index (Phi) is 4.19. The third-order valence-electron chi connectivity index (χ3n) is 2.27. The number of hydrogen-bond donors (Lipinski definition) is 1. The lowest BCUT2D eigenvalue weighted by Gasteiger charge is -2.04. The van der Waals surface area contributed by atoms with Crippen LogP contribution >= 0.6 is 0 Å². The van der Waals surface area contributed by atoms with Gasteiger partial charge in [0, 0.05) is 6.54 Å². The Hall–Kier alpha value is -2.02. The number of tetrazole rings is 1. The molecular formula is C11H16N6O. The van der Waals surface area contributed by atoms with Crippen molar-refractivity contribution in [2.45, 2.75) is 20.1 Å². The summed E-state index contributed by atoms with van der Waals surface area (Å²) in [5.41, 5.74) is 0.988. The molecule has 0 saturated carbocycles. The smallest absolute Gasteiger partial charge is 0.212 e. The summed E-state index contributed by atoms with van der Waals surface area (Å²) in [6.07, 6.45) is 1.70. The molecule has 2 aromatic rings. The number of nitrogens with zero attached hydrogens (tertiary/aromatic N) is 5. The minimum Gasteiger partial charge on any atom is -0.484 e. The Bertz CT molecular complexity index is 481. The average Bonchev–Trinajstić information content (AvgIpc) is 2.81. The van der Waals surface area contributed by atoms with E-state index in [-0.39, 0.29) is 0 Å². The van der Waals surface area contributed by atoms with Gasteiger partial charge < -0.3 is 10.1 Å². The molecule has 0 spiro atoms. The van der Waals surface area contributed by atoms with Gasteiger partial charge in [-0.25, -0.2) is 0 Å². The highest BCUT2D eigenvalue weighted by Crippen LogP contribution is 2.10. The quantitative estimate of drug-likeness (QED) is 0.792. The van der Waals surface area contributed by atoms with Crippen LogP contribution in [0, 0.1) is 0 Å². The van der Waals surface area contributed by atoms with Gasteiger partial charge >= 0.3 is 0 Å². The summed E-state index contributed by atoms with van der Waals surface area (Å²) >= 11 is 0. The van der Waals surface area contributed by atoms with Crippen LogP contribution in [0.3, 0.4) is 0 Å². The van der Waals surface area contributed by atoms with Crippen molar-refractivity contribution in [3.8, 4) is 5.75 Å². The van der Waals surface area contributed by atoms with E-state index in [4.69, 9.17) is 4.74 Å². The number of ether oxygens (including phenoxy) is 1. The van der Waals surface area contributed by atoms with Gasteiger partial charge in [-0.05, 0) is 23.9 Å². The van der Waals surface area contributed by atoms with Crippen LogP contribution < -0.4 is 10.1 Å². The van der Waals surface area contributed by atoms with Crippen LogP contribution in [0.25, 0.3) is 0 Å². The van der Waals surface area contributed by atoms with Crippen molar-refractivity contribution in [2.75, 3.05) is 6.54 Å². The minimum atomic E-state index is 0.294. The molecule has 2 aromatic heterocycles. The molecule has 0 saturated heterocycles. The molecule has 0 aliphatic carbocycles. The van der Waals surface area contributed by atoms with Crippen LogP contribution in [0.4, 0.5) is 0 Å². The standard InChI is InChI=1S/C11H16N6O/c1-3-12-6-9-4-5-10(7-13-9)18-8-11-14-16-17(2)15-11/h4-5,7,12H,3,6,8H2,1-2H3. The molecule has 96 valence electrons. The van der Waals surface area contributed by atoms with Crippen LogP contribution in [-0.2, 0) is 20.2 Å². The second-order valence-corrected chi connectivity index (χ2v) is 3.75. The highest BCUT2D eigenvalue weighted by atomic mass is 16.5. The molecule has 0 aliphatic rings. The molecule has 0 fully saturated rings. The number of aromatic nitrogens is 5. The minimum absolute atomic E-state index is 0.294. The van der Waals surface area contributed by atoms with Gasteiger partial charge in [0.2, 0.25) is 5.82 Å². The molecule has 18 heavy (non-hydrogen) atoms. The van der Waals surface area contributed by atoms with Crippen LogP contribution in [0.15, 0.2) is 18.3 Å². The van der Waals surface area contributed by atoms with Crippen LogP contribution in [0.5, 0.6) is 5.75 Å². The zero-order valence-corrected chi connectivity index (χ0v) is 10.5. The van der Waals surface area contributed by atoms with Crippen molar-refractivity contribution in [3.63, 3.8) is 0 Å². The molecule has 7 nitrogen and oxygen atoms in total. The fourth-order valence-electron chi connectivity index (χ4n) is 1.38. The van der Waals surface area contributed by atoms with E-state index in [1.807, 2.05) is 12.1 Å². The molecule has 1 N–H and O–H groups in total. The Morgan fingerprint density at radius 3 is 2.89 bits per heavy atom.